The van der Waals surface area contributed by atoms with Gasteiger partial charge in [-0.05, 0) is 46.5 Å². The van der Waals surface area contributed by atoms with Gasteiger partial charge in [-0.2, -0.15) is 0 Å². The number of benzene rings is 7. The third-order valence-electron chi connectivity index (χ3n) is 9.67. The summed E-state index contributed by atoms with van der Waals surface area (Å²) in [6.07, 6.45) is -0.410. The van der Waals surface area contributed by atoms with E-state index in [2.05, 4.69) is 143 Å². The molecule has 4 nitrogen and oxygen atoms in total. The highest BCUT2D eigenvalue weighted by atomic mass is 32.1. The van der Waals surface area contributed by atoms with Crippen molar-refractivity contribution in [1.29, 1.82) is 0 Å². The molecule has 1 unspecified atom stereocenters. The Balaban J connectivity index is 1.13. The Labute approximate surface area is 293 Å². The molecule has 2 aromatic heterocycles. The Hall–Kier alpha value is -6.30. The van der Waals surface area contributed by atoms with Crippen LogP contribution in [0.4, 0.5) is 0 Å². The Bertz CT molecular complexity index is 2790. The van der Waals surface area contributed by atoms with Gasteiger partial charge >= 0.3 is 0 Å². The summed E-state index contributed by atoms with van der Waals surface area (Å²) in [6, 6.07) is 60.3. The van der Waals surface area contributed by atoms with Crippen LogP contribution in [0.3, 0.4) is 0 Å². The predicted molar refractivity (Wildman–Crippen MR) is 211 cm³/mol. The van der Waals surface area contributed by atoms with Gasteiger partial charge in [0.1, 0.15) is 5.84 Å². The standard InChI is InChI=1S/C45H30N4S/c1-3-13-29(14-4-1)43-46-44(30-15-5-2-6-16-30)48-45(47-43)49-39-23-9-7-19-35(39)36-26-25-32(28-40(36)49)31-17-11-18-33(27-31)34-21-12-22-38-37-20-8-10-24-41(37)50-42(34)38/h1-28,45H,(H,46,47,48). The van der Waals surface area contributed by atoms with E-state index < -0.39 is 6.29 Å². The molecule has 1 N–H and O–H groups in total. The van der Waals surface area contributed by atoms with E-state index in [9.17, 15) is 0 Å². The summed E-state index contributed by atoms with van der Waals surface area (Å²) in [5, 5.41) is 8.72. The first-order chi connectivity index (χ1) is 24.8. The number of aliphatic imine (C=N–C) groups is 2. The van der Waals surface area contributed by atoms with Crippen molar-refractivity contribution >= 4 is 65.0 Å². The van der Waals surface area contributed by atoms with Crippen molar-refractivity contribution in [2.45, 2.75) is 6.29 Å². The number of aromatic nitrogens is 1. The second-order valence-corrected chi connectivity index (χ2v) is 13.7. The summed E-state index contributed by atoms with van der Waals surface area (Å²) in [7, 11) is 0. The van der Waals surface area contributed by atoms with Gasteiger partial charge in [-0.3, -0.25) is 0 Å². The summed E-state index contributed by atoms with van der Waals surface area (Å²) in [5.41, 5.74) is 9.06. The molecule has 236 valence electrons. The Morgan fingerprint density at radius 3 is 1.98 bits per heavy atom. The lowest BCUT2D eigenvalue weighted by molar-refractivity contribution is 0.516. The van der Waals surface area contributed by atoms with Gasteiger partial charge in [0.2, 0.25) is 6.29 Å². The minimum atomic E-state index is -0.410. The first-order valence-electron chi connectivity index (χ1n) is 16.9. The van der Waals surface area contributed by atoms with Crippen molar-refractivity contribution in [1.82, 2.24) is 9.88 Å². The molecule has 0 bridgehead atoms. The zero-order valence-electron chi connectivity index (χ0n) is 27.0. The maximum Gasteiger partial charge on any atom is 0.204 e. The molecule has 0 radical (unpaired) electrons. The third kappa shape index (κ3) is 4.74. The topological polar surface area (TPSA) is 41.7 Å². The van der Waals surface area contributed by atoms with E-state index in [0.29, 0.717) is 5.84 Å². The first kappa shape index (κ1) is 28.7. The fourth-order valence-corrected chi connectivity index (χ4v) is 8.55. The molecule has 50 heavy (non-hydrogen) atoms. The van der Waals surface area contributed by atoms with Crippen LogP contribution in [0.5, 0.6) is 0 Å². The lowest BCUT2D eigenvalue weighted by atomic mass is 9.97. The molecule has 0 fully saturated rings. The number of para-hydroxylation sites is 1. The number of nitrogens with zero attached hydrogens (tertiary/aromatic N) is 3. The third-order valence-corrected chi connectivity index (χ3v) is 10.9. The summed E-state index contributed by atoms with van der Waals surface area (Å²) in [4.78, 5) is 10.3. The van der Waals surface area contributed by atoms with E-state index in [-0.39, 0.29) is 0 Å². The minimum absolute atomic E-state index is 0.410. The van der Waals surface area contributed by atoms with Crippen molar-refractivity contribution in [2.24, 2.45) is 9.98 Å². The highest BCUT2D eigenvalue weighted by Crippen LogP contribution is 2.41. The second-order valence-electron chi connectivity index (χ2n) is 12.6. The molecule has 0 aliphatic carbocycles. The van der Waals surface area contributed by atoms with Gasteiger partial charge in [-0.25, -0.2) is 9.98 Å². The van der Waals surface area contributed by atoms with Crippen molar-refractivity contribution < 1.29 is 0 Å². The largest absolute Gasteiger partial charge is 0.331 e. The zero-order valence-corrected chi connectivity index (χ0v) is 27.8. The number of amidine groups is 2. The summed E-state index contributed by atoms with van der Waals surface area (Å²) in [6.45, 7) is 0. The molecule has 0 saturated heterocycles. The molecule has 9 aromatic rings. The number of thiophene rings is 1. The van der Waals surface area contributed by atoms with Crippen LogP contribution in [-0.4, -0.2) is 16.2 Å². The van der Waals surface area contributed by atoms with E-state index in [1.54, 1.807) is 0 Å². The lowest BCUT2D eigenvalue weighted by Crippen LogP contribution is -2.36. The van der Waals surface area contributed by atoms with Crippen LogP contribution < -0.4 is 5.32 Å². The molecule has 1 aliphatic heterocycles. The summed E-state index contributed by atoms with van der Waals surface area (Å²) < 4.78 is 4.98. The molecule has 1 aliphatic rings. The molecule has 0 amide bonds. The Morgan fingerprint density at radius 1 is 0.480 bits per heavy atom. The molecule has 7 aromatic carbocycles. The number of nitrogens with one attached hydrogen (secondary N) is 1. The number of hydrogen-bond acceptors (Lipinski definition) is 4. The van der Waals surface area contributed by atoms with E-state index in [4.69, 9.17) is 9.98 Å². The molecule has 5 heteroatoms. The van der Waals surface area contributed by atoms with Crippen molar-refractivity contribution in [3.05, 3.63) is 181 Å². The molecule has 0 spiro atoms. The number of fused-ring (bicyclic) bond motifs is 6. The van der Waals surface area contributed by atoms with E-state index in [1.807, 2.05) is 47.7 Å². The van der Waals surface area contributed by atoms with E-state index in [1.165, 1.54) is 47.6 Å². The zero-order chi connectivity index (χ0) is 33.0. The fraction of sp³-hybridized carbons (Fsp3) is 0.0222. The quantitative estimate of drug-likeness (QED) is 0.196. The van der Waals surface area contributed by atoms with E-state index in [0.717, 1.165) is 33.6 Å². The van der Waals surface area contributed by atoms with Crippen LogP contribution in [0.2, 0.25) is 0 Å². The maximum absolute atomic E-state index is 5.26. The van der Waals surface area contributed by atoms with Gasteiger partial charge in [0, 0.05) is 42.1 Å². The van der Waals surface area contributed by atoms with Crippen molar-refractivity contribution in [3.8, 4) is 22.3 Å². The SMILES string of the molecule is c1ccc(C2=NC(n3c4ccccc4c4ccc(-c5cccc(-c6cccc7c6sc6ccccc67)c5)cc43)NC(c3ccccc3)=N2)cc1. The summed E-state index contributed by atoms with van der Waals surface area (Å²) >= 11 is 1.87. The molecule has 3 heterocycles. The van der Waals surface area contributed by atoms with Crippen LogP contribution in [0.25, 0.3) is 64.2 Å². The number of hydrogen-bond donors (Lipinski definition) is 1. The van der Waals surface area contributed by atoms with Crippen LogP contribution in [0.1, 0.15) is 17.4 Å². The normalized spacial score (nSPS) is 14.6. The van der Waals surface area contributed by atoms with Crippen molar-refractivity contribution in [2.75, 3.05) is 0 Å². The second kappa shape index (κ2) is 11.7. The average Bonchev–Trinajstić information content (AvgIpc) is 3.74. The highest BCUT2D eigenvalue weighted by molar-refractivity contribution is 7.26. The van der Waals surface area contributed by atoms with Gasteiger partial charge in [0.05, 0.1) is 11.0 Å². The van der Waals surface area contributed by atoms with Gasteiger partial charge in [-0.15, -0.1) is 11.3 Å². The monoisotopic (exact) mass is 658 g/mol. The predicted octanol–water partition coefficient (Wildman–Crippen LogP) is 11.4. The van der Waals surface area contributed by atoms with Gasteiger partial charge in [0.25, 0.3) is 0 Å². The Morgan fingerprint density at radius 2 is 1.12 bits per heavy atom. The molecular weight excluding hydrogens is 629 g/mol. The van der Waals surface area contributed by atoms with E-state index >= 15 is 0 Å². The smallest absolute Gasteiger partial charge is 0.204 e. The minimum Gasteiger partial charge on any atom is -0.331 e. The number of rotatable bonds is 5. The van der Waals surface area contributed by atoms with Crippen LogP contribution in [0.15, 0.2) is 180 Å². The van der Waals surface area contributed by atoms with Gasteiger partial charge in [-0.1, -0.05) is 146 Å². The summed E-state index contributed by atoms with van der Waals surface area (Å²) in [5.74, 6) is 1.51. The maximum atomic E-state index is 5.26. The highest BCUT2D eigenvalue weighted by Gasteiger charge is 2.24. The molecular formula is C45H30N4S. The molecule has 0 saturated carbocycles. The Kier molecular flexibility index (Phi) is 6.71. The van der Waals surface area contributed by atoms with Crippen LogP contribution in [0, 0.1) is 0 Å². The van der Waals surface area contributed by atoms with Gasteiger partial charge < -0.3 is 9.88 Å². The van der Waals surface area contributed by atoms with Crippen molar-refractivity contribution in [3.63, 3.8) is 0 Å². The first-order valence-corrected chi connectivity index (χ1v) is 17.7. The fourth-order valence-electron chi connectivity index (χ4n) is 7.31. The van der Waals surface area contributed by atoms with Crippen LogP contribution >= 0.6 is 11.3 Å². The lowest BCUT2D eigenvalue weighted by Gasteiger charge is -2.26. The average molecular weight is 659 g/mol. The molecule has 1 atom stereocenters. The van der Waals surface area contributed by atoms with Crippen LogP contribution in [-0.2, 0) is 0 Å². The molecule has 10 rings (SSSR count). The van der Waals surface area contributed by atoms with Gasteiger partial charge in [0.15, 0.2) is 5.84 Å².